The quantitative estimate of drug-likeness (QED) is 0.489. The van der Waals surface area contributed by atoms with Crippen molar-refractivity contribution in [3.63, 3.8) is 0 Å². The van der Waals surface area contributed by atoms with Crippen molar-refractivity contribution in [1.29, 1.82) is 0 Å². The first-order valence-electron chi connectivity index (χ1n) is 11.4. The molecule has 0 N–H and O–H groups in total. The molecule has 3 aromatic rings. The van der Waals surface area contributed by atoms with Crippen molar-refractivity contribution >= 4 is 32.5 Å². The molecule has 1 saturated heterocycles. The average molecular weight is 483 g/mol. The maximum absolute atomic E-state index is 13.0. The summed E-state index contributed by atoms with van der Waals surface area (Å²) in [5.41, 5.74) is 5.31. The van der Waals surface area contributed by atoms with E-state index in [4.69, 9.17) is 9.15 Å². The second-order valence-corrected chi connectivity index (χ2v) is 10.5. The van der Waals surface area contributed by atoms with Crippen LogP contribution < -0.4 is 4.74 Å². The van der Waals surface area contributed by atoms with Gasteiger partial charge in [-0.2, -0.15) is 4.31 Å². The Labute approximate surface area is 200 Å². The van der Waals surface area contributed by atoms with Gasteiger partial charge in [0.1, 0.15) is 11.3 Å². The first-order chi connectivity index (χ1) is 16.2. The van der Waals surface area contributed by atoms with E-state index in [2.05, 4.69) is 0 Å². The van der Waals surface area contributed by atoms with Crippen LogP contribution in [0.5, 0.6) is 5.75 Å². The first-order valence-corrected chi connectivity index (χ1v) is 13.2. The Kier molecular flexibility index (Phi) is 6.81. The standard InChI is InChI=1S/C26H30N2O5S/c1-5-32-25-19(3)26-22(23(17-33-26)20-9-7-6-8-10-20)16-21(25)18(2)15-24(29)27-11-13-28(14-12-27)34(4,30)31/h6-10,15-17H,5,11-14H2,1-4H3/b18-15+. The molecule has 0 atom stereocenters. The topological polar surface area (TPSA) is 80.1 Å². The molecule has 1 amide bonds. The zero-order valence-corrected chi connectivity index (χ0v) is 20.8. The molecule has 0 saturated carbocycles. The van der Waals surface area contributed by atoms with Gasteiger partial charge >= 0.3 is 0 Å². The van der Waals surface area contributed by atoms with Gasteiger partial charge in [0, 0.05) is 54.3 Å². The molecule has 0 aliphatic carbocycles. The number of piperazine rings is 1. The highest BCUT2D eigenvalue weighted by Gasteiger charge is 2.26. The molecule has 180 valence electrons. The lowest BCUT2D eigenvalue weighted by atomic mass is 9.96. The van der Waals surface area contributed by atoms with Crippen molar-refractivity contribution in [3.8, 4) is 16.9 Å². The van der Waals surface area contributed by atoms with Crippen molar-refractivity contribution < 1.29 is 22.4 Å². The molecule has 0 unspecified atom stereocenters. The molecule has 1 aliphatic heterocycles. The summed E-state index contributed by atoms with van der Waals surface area (Å²) in [7, 11) is -3.25. The number of hydrogen-bond acceptors (Lipinski definition) is 5. The summed E-state index contributed by atoms with van der Waals surface area (Å²) < 4.78 is 36.9. The van der Waals surface area contributed by atoms with Gasteiger partial charge in [-0.15, -0.1) is 0 Å². The zero-order chi connectivity index (χ0) is 24.5. The van der Waals surface area contributed by atoms with Crippen molar-refractivity contribution in [3.05, 3.63) is 59.9 Å². The molecule has 0 radical (unpaired) electrons. The number of nitrogens with zero attached hydrogens (tertiary/aromatic N) is 2. The smallest absolute Gasteiger partial charge is 0.246 e. The summed E-state index contributed by atoms with van der Waals surface area (Å²) in [6, 6.07) is 12.1. The summed E-state index contributed by atoms with van der Waals surface area (Å²) >= 11 is 0. The Balaban J connectivity index is 1.70. The van der Waals surface area contributed by atoms with E-state index in [9.17, 15) is 13.2 Å². The molecular weight excluding hydrogens is 452 g/mol. The van der Waals surface area contributed by atoms with Gasteiger partial charge in [-0.25, -0.2) is 8.42 Å². The van der Waals surface area contributed by atoms with Crippen molar-refractivity contribution in [1.82, 2.24) is 9.21 Å². The van der Waals surface area contributed by atoms with E-state index in [-0.39, 0.29) is 5.91 Å². The summed E-state index contributed by atoms with van der Waals surface area (Å²) in [5.74, 6) is 0.564. The first kappa shape index (κ1) is 24.0. The predicted octanol–water partition coefficient (Wildman–Crippen LogP) is 4.31. The summed E-state index contributed by atoms with van der Waals surface area (Å²) in [4.78, 5) is 14.7. The van der Waals surface area contributed by atoms with Crippen molar-refractivity contribution in [2.45, 2.75) is 20.8 Å². The molecule has 1 fully saturated rings. The van der Waals surface area contributed by atoms with E-state index < -0.39 is 10.0 Å². The maximum atomic E-state index is 13.0. The van der Waals surface area contributed by atoms with Crippen LogP contribution in [0.4, 0.5) is 0 Å². The van der Waals surface area contributed by atoms with E-state index in [1.165, 1.54) is 10.6 Å². The summed E-state index contributed by atoms with van der Waals surface area (Å²) in [6.07, 6.45) is 4.57. The molecule has 7 nitrogen and oxygen atoms in total. The van der Waals surface area contributed by atoms with Crippen LogP contribution in [-0.4, -0.2) is 62.6 Å². The van der Waals surface area contributed by atoms with E-state index in [1.54, 1.807) is 17.2 Å². The molecule has 4 rings (SSSR count). The van der Waals surface area contributed by atoms with Crippen LogP contribution in [0.25, 0.3) is 27.7 Å². The average Bonchev–Trinajstić information content (AvgIpc) is 3.25. The SMILES string of the molecule is CCOc1c(/C(C)=C/C(=O)N2CCN(S(C)(=O)=O)CC2)cc2c(-c3ccccc3)coc2c1C. The number of allylic oxidation sites excluding steroid dienone is 1. The number of ether oxygens (including phenoxy) is 1. The number of carbonyl (C=O) groups excluding carboxylic acids is 1. The van der Waals surface area contributed by atoms with Gasteiger partial charge in [-0.05, 0) is 38.0 Å². The minimum absolute atomic E-state index is 0.138. The second kappa shape index (κ2) is 9.64. The van der Waals surface area contributed by atoms with Gasteiger partial charge in [0.05, 0.1) is 19.1 Å². The van der Waals surface area contributed by atoms with Crippen LogP contribution in [0.2, 0.25) is 0 Å². The lowest BCUT2D eigenvalue weighted by Gasteiger charge is -2.32. The monoisotopic (exact) mass is 482 g/mol. The number of aryl methyl sites for hydroxylation is 1. The number of furan rings is 1. The Hall–Kier alpha value is -3.10. The van der Waals surface area contributed by atoms with Crippen LogP contribution in [0.3, 0.4) is 0 Å². The second-order valence-electron chi connectivity index (χ2n) is 8.52. The fourth-order valence-electron chi connectivity index (χ4n) is 4.37. The summed E-state index contributed by atoms with van der Waals surface area (Å²) in [5, 5.41) is 0.962. The molecule has 8 heteroatoms. The van der Waals surface area contributed by atoms with Crippen molar-refractivity contribution in [2.24, 2.45) is 0 Å². The van der Waals surface area contributed by atoms with Gasteiger partial charge in [0.15, 0.2) is 0 Å². The van der Waals surface area contributed by atoms with Crippen LogP contribution in [0.15, 0.2) is 53.2 Å². The molecule has 0 bridgehead atoms. The van der Waals surface area contributed by atoms with Gasteiger partial charge in [0.25, 0.3) is 0 Å². The van der Waals surface area contributed by atoms with Crippen molar-refractivity contribution in [2.75, 3.05) is 39.0 Å². The number of fused-ring (bicyclic) bond motifs is 1. The number of rotatable bonds is 6. The lowest BCUT2D eigenvalue weighted by Crippen LogP contribution is -2.49. The lowest BCUT2D eigenvalue weighted by molar-refractivity contribution is -0.127. The third-order valence-electron chi connectivity index (χ3n) is 6.20. The van der Waals surface area contributed by atoms with Crippen LogP contribution in [0, 0.1) is 6.92 Å². The molecule has 2 heterocycles. The Morgan fingerprint density at radius 2 is 1.82 bits per heavy atom. The summed E-state index contributed by atoms with van der Waals surface area (Å²) in [6.45, 7) is 7.63. The van der Waals surface area contributed by atoms with Gasteiger partial charge < -0.3 is 14.1 Å². The van der Waals surface area contributed by atoms with Crippen LogP contribution >= 0.6 is 0 Å². The van der Waals surface area contributed by atoms with E-state index in [0.717, 1.165) is 38.8 Å². The normalized spacial score (nSPS) is 15.6. The number of hydrogen-bond donors (Lipinski definition) is 0. The third kappa shape index (κ3) is 4.74. The van der Waals surface area contributed by atoms with E-state index in [1.807, 2.05) is 57.2 Å². The largest absolute Gasteiger partial charge is 0.493 e. The van der Waals surface area contributed by atoms with Crippen LogP contribution in [0.1, 0.15) is 25.0 Å². The molecule has 34 heavy (non-hydrogen) atoms. The number of carbonyl (C=O) groups is 1. The Bertz CT molecular complexity index is 1330. The molecule has 2 aromatic carbocycles. The fraction of sp³-hybridized carbons (Fsp3) is 0.346. The Morgan fingerprint density at radius 3 is 2.44 bits per heavy atom. The van der Waals surface area contributed by atoms with Gasteiger partial charge in [-0.1, -0.05) is 30.3 Å². The molecule has 0 spiro atoms. The Morgan fingerprint density at radius 1 is 1.15 bits per heavy atom. The maximum Gasteiger partial charge on any atom is 0.246 e. The number of amides is 1. The highest BCUT2D eigenvalue weighted by Crippen LogP contribution is 2.40. The number of sulfonamides is 1. The highest BCUT2D eigenvalue weighted by molar-refractivity contribution is 7.88. The van der Waals surface area contributed by atoms with Gasteiger partial charge in [-0.3, -0.25) is 4.79 Å². The van der Waals surface area contributed by atoms with E-state index >= 15 is 0 Å². The van der Waals surface area contributed by atoms with Crippen LogP contribution in [-0.2, 0) is 14.8 Å². The molecule has 1 aromatic heterocycles. The predicted molar refractivity (Wildman–Crippen MR) is 134 cm³/mol. The van der Waals surface area contributed by atoms with E-state index in [0.29, 0.717) is 38.5 Å². The molecule has 1 aliphatic rings. The minimum atomic E-state index is -3.25. The van der Waals surface area contributed by atoms with Gasteiger partial charge in [0.2, 0.25) is 15.9 Å². The zero-order valence-electron chi connectivity index (χ0n) is 20.0. The minimum Gasteiger partial charge on any atom is -0.493 e. The fourth-order valence-corrected chi connectivity index (χ4v) is 5.20. The number of benzene rings is 2. The molecular formula is C26H30N2O5S. The highest BCUT2D eigenvalue weighted by atomic mass is 32.2. The third-order valence-corrected chi connectivity index (χ3v) is 7.50.